The molecule has 1 heterocycles. The van der Waals surface area contributed by atoms with E-state index in [1.807, 2.05) is 13.8 Å². The molecule has 1 aliphatic heterocycles. The van der Waals surface area contributed by atoms with Gasteiger partial charge in [-0.05, 0) is 34.2 Å². The zero-order valence-corrected chi connectivity index (χ0v) is 15.9. The normalized spacial score (nSPS) is 13.4. The Morgan fingerprint density at radius 3 is 2.50 bits per heavy atom. The smallest absolute Gasteiger partial charge is 0.258 e. The van der Waals surface area contributed by atoms with Crippen molar-refractivity contribution in [2.45, 2.75) is 37.3 Å². The summed E-state index contributed by atoms with van der Waals surface area (Å²) in [4.78, 5) is 14.6. The summed E-state index contributed by atoms with van der Waals surface area (Å²) in [5.41, 5.74) is 4.48. The second-order valence-corrected chi connectivity index (χ2v) is 7.24. The van der Waals surface area contributed by atoms with Crippen LogP contribution in [0.15, 0.2) is 30.3 Å². The number of hydrogen-bond acceptors (Lipinski definition) is 3. The maximum Gasteiger partial charge on any atom is 0.258 e. The number of phenolic OH excluding ortho intramolecular Hbond substituents is 2. The minimum Gasteiger partial charge on any atom is -0.508 e. The fourth-order valence-electron chi connectivity index (χ4n) is 3.07. The Hall–Kier alpha value is -1.76. The molecule has 2 N–H and O–H groups in total. The van der Waals surface area contributed by atoms with Crippen molar-refractivity contribution >= 4 is 28.5 Å². The molecule has 0 radical (unpaired) electrons. The summed E-state index contributed by atoms with van der Waals surface area (Å²) < 4.78 is 0.940. The van der Waals surface area contributed by atoms with Crippen molar-refractivity contribution in [3.05, 3.63) is 58.1 Å². The Morgan fingerprint density at radius 2 is 1.83 bits per heavy atom. The molecule has 4 nitrogen and oxygen atoms in total. The van der Waals surface area contributed by atoms with E-state index < -0.39 is 0 Å². The third kappa shape index (κ3) is 3.09. The summed E-state index contributed by atoms with van der Waals surface area (Å²) in [6, 6.07) is 9.18. The average molecular weight is 437 g/mol. The largest absolute Gasteiger partial charge is 0.508 e. The van der Waals surface area contributed by atoms with Crippen molar-refractivity contribution in [2.24, 2.45) is 0 Å². The highest BCUT2D eigenvalue weighted by Gasteiger charge is 2.27. The number of rotatable bonds is 3. The van der Waals surface area contributed by atoms with Gasteiger partial charge in [-0.3, -0.25) is 4.79 Å². The maximum atomic E-state index is 12.9. The number of carbonyl (C=O) groups excluding carboxylic acids is 1. The molecule has 2 aromatic rings. The monoisotopic (exact) mass is 437 g/mol. The van der Waals surface area contributed by atoms with E-state index in [4.69, 9.17) is 0 Å². The molecule has 126 valence electrons. The molecule has 0 fully saturated rings. The van der Waals surface area contributed by atoms with Gasteiger partial charge in [0.2, 0.25) is 0 Å². The number of alkyl halides is 1. The van der Waals surface area contributed by atoms with E-state index in [0.29, 0.717) is 18.7 Å². The lowest BCUT2D eigenvalue weighted by Crippen LogP contribution is -2.25. The predicted molar refractivity (Wildman–Crippen MR) is 102 cm³/mol. The number of aromatic hydroxyl groups is 2. The quantitative estimate of drug-likeness (QED) is 0.556. The van der Waals surface area contributed by atoms with Crippen LogP contribution in [0.3, 0.4) is 0 Å². The summed E-state index contributed by atoms with van der Waals surface area (Å²) >= 11 is 2.33. The van der Waals surface area contributed by atoms with Crippen LogP contribution in [-0.4, -0.2) is 21.0 Å². The molecule has 3 rings (SSSR count). The number of halogens is 1. The van der Waals surface area contributed by atoms with E-state index in [1.54, 1.807) is 11.0 Å². The summed E-state index contributed by atoms with van der Waals surface area (Å²) in [5, 5.41) is 20.1. The molecule has 0 aromatic heterocycles. The van der Waals surface area contributed by atoms with Crippen molar-refractivity contribution in [3.8, 4) is 11.5 Å². The van der Waals surface area contributed by atoms with Gasteiger partial charge in [-0.2, -0.15) is 0 Å². The molecule has 0 aliphatic carbocycles. The van der Waals surface area contributed by atoms with Crippen LogP contribution in [-0.2, 0) is 17.5 Å². The van der Waals surface area contributed by atoms with E-state index in [0.717, 1.165) is 9.99 Å². The predicted octanol–water partition coefficient (Wildman–Crippen LogP) is 4.31. The number of benzene rings is 2. The van der Waals surface area contributed by atoms with E-state index in [1.165, 1.54) is 17.2 Å². The number of phenols is 2. The summed E-state index contributed by atoms with van der Waals surface area (Å²) in [6.45, 7) is 4.98. The summed E-state index contributed by atoms with van der Waals surface area (Å²) in [7, 11) is 0. The Bertz CT molecular complexity index is 801. The van der Waals surface area contributed by atoms with Gasteiger partial charge in [-0.1, -0.05) is 54.6 Å². The fourth-order valence-corrected chi connectivity index (χ4v) is 3.55. The van der Waals surface area contributed by atoms with Crippen molar-refractivity contribution in [1.82, 2.24) is 4.90 Å². The number of fused-ring (bicyclic) bond motifs is 1. The lowest BCUT2D eigenvalue weighted by molar-refractivity contribution is 0.0748. The molecule has 2 aromatic carbocycles. The number of hydrogen-bond donors (Lipinski definition) is 2. The van der Waals surface area contributed by atoms with Crippen LogP contribution in [0.1, 0.15) is 52.4 Å². The van der Waals surface area contributed by atoms with Crippen molar-refractivity contribution in [2.75, 3.05) is 0 Å². The average Bonchev–Trinajstić information content (AvgIpc) is 2.96. The molecular formula is C19H20INO3. The SMILES string of the molecule is CC(C)c1cc(C(=O)N2Cc3ccc(CI)cc3C2)c(O)cc1O. The summed E-state index contributed by atoms with van der Waals surface area (Å²) in [6.07, 6.45) is 0. The molecule has 0 saturated carbocycles. The first-order valence-electron chi connectivity index (χ1n) is 7.92. The third-order valence-corrected chi connectivity index (χ3v) is 5.31. The van der Waals surface area contributed by atoms with Crippen molar-refractivity contribution < 1.29 is 15.0 Å². The highest BCUT2D eigenvalue weighted by molar-refractivity contribution is 14.1. The van der Waals surface area contributed by atoms with Gasteiger partial charge in [0.05, 0.1) is 5.56 Å². The molecule has 1 aliphatic rings. The molecule has 1 amide bonds. The third-order valence-electron chi connectivity index (χ3n) is 4.43. The molecule has 0 bridgehead atoms. The molecule has 0 saturated heterocycles. The lowest BCUT2D eigenvalue weighted by Gasteiger charge is -2.18. The van der Waals surface area contributed by atoms with Crippen LogP contribution in [0.2, 0.25) is 0 Å². The second kappa shape index (κ2) is 6.63. The maximum absolute atomic E-state index is 12.9. The minimum atomic E-state index is -0.207. The molecule has 5 heteroatoms. The van der Waals surface area contributed by atoms with Crippen LogP contribution < -0.4 is 0 Å². The van der Waals surface area contributed by atoms with Gasteiger partial charge in [0.1, 0.15) is 11.5 Å². The minimum absolute atomic E-state index is 0.0236. The van der Waals surface area contributed by atoms with E-state index in [-0.39, 0.29) is 28.9 Å². The molecule has 0 atom stereocenters. The van der Waals surface area contributed by atoms with Gasteiger partial charge in [0, 0.05) is 23.6 Å². The zero-order valence-electron chi connectivity index (χ0n) is 13.7. The Balaban J connectivity index is 1.90. The van der Waals surface area contributed by atoms with Crippen LogP contribution in [0.25, 0.3) is 0 Å². The van der Waals surface area contributed by atoms with Crippen molar-refractivity contribution in [1.29, 1.82) is 0 Å². The zero-order chi connectivity index (χ0) is 17.4. The Kier molecular flexibility index (Phi) is 4.71. The van der Waals surface area contributed by atoms with Crippen LogP contribution in [0.4, 0.5) is 0 Å². The second-order valence-electron chi connectivity index (χ2n) is 6.48. The highest BCUT2D eigenvalue weighted by Crippen LogP contribution is 2.34. The topological polar surface area (TPSA) is 60.8 Å². The van der Waals surface area contributed by atoms with E-state index >= 15 is 0 Å². The highest BCUT2D eigenvalue weighted by atomic mass is 127. The van der Waals surface area contributed by atoms with E-state index in [9.17, 15) is 15.0 Å². The number of nitrogens with zero attached hydrogens (tertiary/aromatic N) is 1. The molecule has 24 heavy (non-hydrogen) atoms. The first kappa shape index (κ1) is 17.1. The Morgan fingerprint density at radius 1 is 1.12 bits per heavy atom. The fraction of sp³-hybridized carbons (Fsp3) is 0.316. The van der Waals surface area contributed by atoms with Gasteiger partial charge >= 0.3 is 0 Å². The van der Waals surface area contributed by atoms with Gasteiger partial charge in [-0.15, -0.1) is 0 Å². The van der Waals surface area contributed by atoms with Gasteiger partial charge in [0.15, 0.2) is 0 Å². The van der Waals surface area contributed by atoms with Crippen LogP contribution in [0, 0.1) is 0 Å². The van der Waals surface area contributed by atoms with Gasteiger partial charge < -0.3 is 15.1 Å². The Labute approximate surface area is 155 Å². The number of amides is 1. The van der Waals surface area contributed by atoms with Crippen LogP contribution >= 0.6 is 22.6 Å². The van der Waals surface area contributed by atoms with Crippen LogP contribution in [0.5, 0.6) is 11.5 Å². The molecule has 0 unspecified atom stereocenters. The van der Waals surface area contributed by atoms with Gasteiger partial charge in [-0.25, -0.2) is 0 Å². The summed E-state index contributed by atoms with van der Waals surface area (Å²) in [5.74, 6) is -0.290. The van der Waals surface area contributed by atoms with Crippen molar-refractivity contribution in [3.63, 3.8) is 0 Å². The lowest BCUT2D eigenvalue weighted by atomic mass is 9.98. The number of carbonyl (C=O) groups is 1. The molecule has 0 spiro atoms. The first-order valence-corrected chi connectivity index (χ1v) is 9.45. The van der Waals surface area contributed by atoms with E-state index in [2.05, 4.69) is 40.8 Å². The van der Waals surface area contributed by atoms with Gasteiger partial charge in [0.25, 0.3) is 5.91 Å². The standard InChI is InChI=1S/C19H20INO3/c1-11(2)15-6-16(18(23)7-17(15)22)19(24)21-9-13-4-3-12(8-20)5-14(13)10-21/h3-7,11,22-23H,8-10H2,1-2H3. The molecular weight excluding hydrogens is 417 g/mol. The first-order chi connectivity index (χ1) is 11.4.